The summed E-state index contributed by atoms with van der Waals surface area (Å²) in [4.78, 5) is 4.06. The fraction of sp³-hybridized carbons (Fsp3) is 0.500. The molecular weight excluding hydrogens is 102 g/mol. The van der Waals surface area contributed by atoms with Gasteiger partial charge in [-0.05, 0) is 6.92 Å². The Hall–Kier alpha value is -0.790. The van der Waals surface area contributed by atoms with E-state index >= 15 is 0 Å². The molecule has 0 amide bonds. The summed E-state index contributed by atoms with van der Waals surface area (Å²) in [5, 5.41) is 0. The van der Waals surface area contributed by atoms with E-state index in [-0.39, 0.29) is 0 Å². The zero-order chi connectivity index (χ0) is 5.98. The monoisotopic (exact) mass is 111 g/mol. The van der Waals surface area contributed by atoms with Crippen molar-refractivity contribution in [2.45, 2.75) is 20.3 Å². The van der Waals surface area contributed by atoms with Crippen LogP contribution in [0.15, 0.2) is 10.7 Å². The van der Waals surface area contributed by atoms with E-state index < -0.39 is 0 Å². The molecule has 0 fully saturated rings. The summed E-state index contributed by atoms with van der Waals surface area (Å²) < 4.78 is 5.00. The number of oxazole rings is 1. The lowest BCUT2D eigenvalue weighted by Crippen LogP contribution is -1.76. The molecule has 1 aromatic heterocycles. The van der Waals surface area contributed by atoms with Crippen molar-refractivity contribution in [3.8, 4) is 0 Å². The third kappa shape index (κ3) is 0.886. The summed E-state index contributed by atoms with van der Waals surface area (Å²) >= 11 is 0. The summed E-state index contributed by atoms with van der Waals surface area (Å²) in [6, 6.07) is 0. The van der Waals surface area contributed by atoms with Gasteiger partial charge in [0.2, 0.25) is 0 Å². The fourth-order valence-corrected chi connectivity index (χ4v) is 0.565. The first-order valence-corrected chi connectivity index (χ1v) is 2.74. The summed E-state index contributed by atoms with van der Waals surface area (Å²) in [7, 11) is 0. The second kappa shape index (κ2) is 1.99. The van der Waals surface area contributed by atoms with Gasteiger partial charge in [-0.2, -0.15) is 0 Å². The standard InChI is InChI=1S/C6H9NO/c1-3-6-7-5(2)4-8-6/h4H,3H2,1-2H3. The molecule has 0 atom stereocenters. The lowest BCUT2D eigenvalue weighted by atomic mass is 10.5. The van der Waals surface area contributed by atoms with E-state index in [1.165, 1.54) is 0 Å². The van der Waals surface area contributed by atoms with Gasteiger partial charge in [-0.1, -0.05) is 6.92 Å². The van der Waals surface area contributed by atoms with Crippen molar-refractivity contribution in [3.05, 3.63) is 17.8 Å². The van der Waals surface area contributed by atoms with E-state index in [0.717, 1.165) is 18.0 Å². The Morgan fingerprint density at radius 2 is 2.50 bits per heavy atom. The molecule has 44 valence electrons. The van der Waals surface area contributed by atoms with Crippen LogP contribution in [0.5, 0.6) is 0 Å². The second-order valence-corrected chi connectivity index (χ2v) is 1.74. The number of hydrogen-bond acceptors (Lipinski definition) is 2. The molecular formula is C6H9NO. The Kier molecular flexibility index (Phi) is 1.33. The largest absolute Gasteiger partial charge is 0.449 e. The van der Waals surface area contributed by atoms with Crippen LogP contribution in [0.2, 0.25) is 0 Å². The number of hydrogen-bond donors (Lipinski definition) is 0. The summed E-state index contributed by atoms with van der Waals surface area (Å²) in [5.41, 5.74) is 0.960. The lowest BCUT2D eigenvalue weighted by molar-refractivity contribution is 0.501. The molecule has 2 nitrogen and oxygen atoms in total. The maximum absolute atomic E-state index is 5.00. The van der Waals surface area contributed by atoms with Gasteiger partial charge in [0.1, 0.15) is 6.26 Å². The van der Waals surface area contributed by atoms with Crippen molar-refractivity contribution in [3.63, 3.8) is 0 Å². The van der Waals surface area contributed by atoms with Gasteiger partial charge in [-0.25, -0.2) is 4.98 Å². The van der Waals surface area contributed by atoms with Gasteiger partial charge in [0.15, 0.2) is 5.89 Å². The van der Waals surface area contributed by atoms with E-state index in [9.17, 15) is 0 Å². The number of nitrogens with zero attached hydrogens (tertiary/aromatic N) is 1. The van der Waals surface area contributed by atoms with E-state index in [4.69, 9.17) is 4.42 Å². The van der Waals surface area contributed by atoms with Gasteiger partial charge in [0.05, 0.1) is 5.69 Å². The molecule has 0 bridgehead atoms. The van der Waals surface area contributed by atoms with Gasteiger partial charge in [-0.3, -0.25) is 0 Å². The lowest BCUT2D eigenvalue weighted by Gasteiger charge is -1.78. The third-order valence-electron chi connectivity index (χ3n) is 0.969. The Labute approximate surface area is 48.5 Å². The summed E-state index contributed by atoms with van der Waals surface area (Å²) in [6.07, 6.45) is 2.55. The zero-order valence-electron chi connectivity index (χ0n) is 5.14. The molecule has 0 aliphatic heterocycles. The Morgan fingerprint density at radius 3 is 2.75 bits per heavy atom. The fourth-order valence-electron chi connectivity index (χ4n) is 0.565. The first kappa shape index (κ1) is 5.35. The van der Waals surface area contributed by atoms with Crippen LogP contribution in [-0.4, -0.2) is 4.98 Å². The van der Waals surface area contributed by atoms with Crippen LogP contribution in [0.25, 0.3) is 0 Å². The highest BCUT2D eigenvalue weighted by atomic mass is 16.3. The van der Waals surface area contributed by atoms with E-state index in [2.05, 4.69) is 4.98 Å². The van der Waals surface area contributed by atoms with Crippen LogP contribution < -0.4 is 0 Å². The van der Waals surface area contributed by atoms with Crippen molar-refractivity contribution in [1.29, 1.82) is 0 Å². The maximum Gasteiger partial charge on any atom is 0.193 e. The van der Waals surface area contributed by atoms with Crippen LogP contribution in [-0.2, 0) is 6.42 Å². The normalized spacial score (nSPS) is 9.75. The first-order chi connectivity index (χ1) is 3.83. The maximum atomic E-state index is 5.00. The molecule has 0 aliphatic rings. The molecule has 2 heteroatoms. The summed E-state index contributed by atoms with van der Waals surface area (Å²) in [5.74, 6) is 0.822. The number of rotatable bonds is 1. The average molecular weight is 111 g/mol. The van der Waals surface area contributed by atoms with Crippen LogP contribution >= 0.6 is 0 Å². The number of aromatic nitrogens is 1. The second-order valence-electron chi connectivity index (χ2n) is 1.74. The highest BCUT2D eigenvalue weighted by molar-refractivity contribution is 4.91. The molecule has 0 aromatic carbocycles. The summed E-state index contributed by atoms with van der Waals surface area (Å²) in [6.45, 7) is 3.94. The Morgan fingerprint density at radius 1 is 1.75 bits per heavy atom. The molecule has 1 heterocycles. The van der Waals surface area contributed by atoms with Gasteiger partial charge < -0.3 is 4.42 Å². The molecule has 0 radical (unpaired) electrons. The van der Waals surface area contributed by atoms with E-state index in [0.29, 0.717) is 0 Å². The van der Waals surface area contributed by atoms with Crippen LogP contribution in [0.1, 0.15) is 18.5 Å². The van der Waals surface area contributed by atoms with Crippen molar-refractivity contribution in [2.24, 2.45) is 0 Å². The molecule has 1 rings (SSSR count). The average Bonchev–Trinajstić information content (AvgIpc) is 2.14. The molecule has 0 unspecified atom stereocenters. The molecule has 0 saturated heterocycles. The highest BCUT2D eigenvalue weighted by Crippen LogP contribution is 1.99. The molecule has 1 aromatic rings. The van der Waals surface area contributed by atoms with Gasteiger partial charge in [0, 0.05) is 6.42 Å². The molecule has 0 saturated carbocycles. The minimum Gasteiger partial charge on any atom is -0.449 e. The van der Waals surface area contributed by atoms with Crippen LogP contribution in [0, 0.1) is 6.92 Å². The third-order valence-corrected chi connectivity index (χ3v) is 0.969. The van der Waals surface area contributed by atoms with Gasteiger partial charge in [0.25, 0.3) is 0 Å². The van der Waals surface area contributed by atoms with Crippen LogP contribution in [0.4, 0.5) is 0 Å². The van der Waals surface area contributed by atoms with Crippen molar-refractivity contribution >= 4 is 0 Å². The quantitative estimate of drug-likeness (QED) is 0.549. The smallest absolute Gasteiger partial charge is 0.193 e. The predicted octanol–water partition coefficient (Wildman–Crippen LogP) is 1.55. The highest BCUT2D eigenvalue weighted by Gasteiger charge is 1.93. The van der Waals surface area contributed by atoms with E-state index in [1.807, 2.05) is 13.8 Å². The first-order valence-electron chi connectivity index (χ1n) is 2.74. The van der Waals surface area contributed by atoms with Crippen molar-refractivity contribution in [1.82, 2.24) is 4.98 Å². The van der Waals surface area contributed by atoms with Gasteiger partial charge >= 0.3 is 0 Å². The SMILES string of the molecule is CCc1nc(C)co1. The Bertz CT molecular complexity index is 169. The number of aryl methyl sites for hydroxylation is 2. The molecule has 0 spiro atoms. The minimum atomic E-state index is 0.822. The predicted molar refractivity (Wildman–Crippen MR) is 30.6 cm³/mol. The molecule has 0 aliphatic carbocycles. The topological polar surface area (TPSA) is 26.0 Å². The minimum absolute atomic E-state index is 0.822. The van der Waals surface area contributed by atoms with E-state index in [1.54, 1.807) is 6.26 Å². The van der Waals surface area contributed by atoms with Crippen LogP contribution in [0.3, 0.4) is 0 Å². The zero-order valence-corrected chi connectivity index (χ0v) is 5.14. The van der Waals surface area contributed by atoms with Crippen molar-refractivity contribution < 1.29 is 4.42 Å². The Balaban J connectivity index is 2.84. The van der Waals surface area contributed by atoms with Gasteiger partial charge in [-0.15, -0.1) is 0 Å². The van der Waals surface area contributed by atoms with Crippen molar-refractivity contribution in [2.75, 3.05) is 0 Å². The molecule has 0 N–H and O–H groups in total. The molecule has 8 heavy (non-hydrogen) atoms.